The molecule has 17 heavy (non-hydrogen) atoms. The summed E-state index contributed by atoms with van der Waals surface area (Å²) in [7, 11) is 0. The summed E-state index contributed by atoms with van der Waals surface area (Å²) in [6.07, 6.45) is 7.25. The fourth-order valence-corrected chi connectivity index (χ4v) is 3.58. The molecule has 0 N–H and O–H groups in total. The Kier molecular flexibility index (Phi) is 2.63. The summed E-state index contributed by atoms with van der Waals surface area (Å²) in [5.74, 6) is -0.271. The monoisotopic (exact) mass is 226 g/mol. The summed E-state index contributed by atoms with van der Waals surface area (Å²) >= 11 is 0. The highest BCUT2D eigenvalue weighted by Gasteiger charge is 2.48. The molecular weight excluding hydrogens is 208 g/mol. The van der Waals surface area contributed by atoms with E-state index in [-0.39, 0.29) is 16.7 Å². The van der Waals surface area contributed by atoms with Crippen LogP contribution in [-0.4, -0.2) is 0 Å². The average Bonchev–Trinajstić information content (AvgIpc) is 2.26. The molecule has 88 valence electrons. The molecule has 0 aromatic heterocycles. The first kappa shape index (κ1) is 11.9. The quantitative estimate of drug-likeness (QED) is 0.631. The van der Waals surface area contributed by atoms with Gasteiger partial charge in [-0.1, -0.05) is 38.8 Å². The van der Waals surface area contributed by atoms with E-state index in [2.05, 4.69) is 39.0 Å². The molecule has 0 saturated heterocycles. The van der Waals surface area contributed by atoms with Crippen LogP contribution in [-0.2, 0) is 0 Å². The fourth-order valence-electron chi connectivity index (χ4n) is 3.58. The van der Waals surface area contributed by atoms with Crippen molar-refractivity contribution in [1.29, 1.82) is 10.5 Å². The van der Waals surface area contributed by atoms with Crippen LogP contribution in [0.2, 0.25) is 0 Å². The fraction of sp³-hybridized carbons (Fsp3) is 0.600. The van der Waals surface area contributed by atoms with E-state index in [0.717, 1.165) is 12.8 Å². The largest absolute Gasteiger partial charge is 0.198 e. The molecule has 2 rings (SSSR count). The Morgan fingerprint density at radius 3 is 2.47 bits per heavy atom. The van der Waals surface area contributed by atoms with Gasteiger partial charge in [0, 0.05) is 11.0 Å². The highest BCUT2D eigenvalue weighted by atomic mass is 14.5. The van der Waals surface area contributed by atoms with Gasteiger partial charge in [0.1, 0.15) is 0 Å². The van der Waals surface area contributed by atoms with Crippen molar-refractivity contribution in [3.05, 3.63) is 23.3 Å². The molecule has 0 unspecified atom stereocenters. The Balaban J connectivity index is 2.58. The molecule has 0 bridgehead atoms. The molecule has 1 saturated carbocycles. The predicted molar refractivity (Wildman–Crippen MR) is 66.6 cm³/mol. The van der Waals surface area contributed by atoms with Crippen molar-refractivity contribution in [2.75, 3.05) is 0 Å². The molecule has 0 amide bonds. The Morgan fingerprint density at radius 1 is 1.18 bits per heavy atom. The van der Waals surface area contributed by atoms with E-state index in [1.165, 1.54) is 12.0 Å². The van der Waals surface area contributed by atoms with E-state index < -0.39 is 0 Å². The Labute approximate surface area is 103 Å². The van der Waals surface area contributed by atoms with Crippen molar-refractivity contribution in [3.63, 3.8) is 0 Å². The summed E-state index contributed by atoms with van der Waals surface area (Å²) in [4.78, 5) is 0. The minimum absolute atomic E-state index is 0.143. The molecular formula is C15H18N2. The lowest BCUT2D eigenvalue weighted by Crippen LogP contribution is -2.41. The molecule has 2 aliphatic rings. The molecule has 2 nitrogen and oxygen atoms in total. The Morgan fingerprint density at radius 2 is 1.88 bits per heavy atom. The van der Waals surface area contributed by atoms with Crippen LogP contribution in [0.5, 0.6) is 0 Å². The van der Waals surface area contributed by atoms with Gasteiger partial charge < -0.3 is 0 Å². The second kappa shape index (κ2) is 3.74. The number of allylic oxidation sites excluding steroid dienone is 4. The van der Waals surface area contributed by atoms with Crippen molar-refractivity contribution < 1.29 is 0 Å². The van der Waals surface area contributed by atoms with Crippen LogP contribution in [0.15, 0.2) is 23.3 Å². The van der Waals surface area contributed by atoms with Crippen molar-refractivity contribution in [2.45, 2.75) is 40.0 Å². The zero-order chi connectivity index (χ0) is 12.7. The van der Waals surface area contributed by atoms with Gasteiger partial charge in [0.15, 0.2) is 0 Å². The highest BCUT2D eigenvalue weighted by Crippen LogP contribution is 2.57. The number of fused-ring (bicyclic) bond motifs is 1. The van der Waals surface area contributed by atoms with E-state index in [0.29, 0.717) is 5.57 Å². The third kappa shape index (κ3) is 1.60. The second-order valence-electron chi connectivity index (χ2n) is 6.03. The lowest BCUT2D eigenvalue weighted by Gasteiger charge is -2.49. The number of nitriles is 2. The van der Waals surface area contributed by atoms with Crippen molar-refractivity contribution >= 4 is 0 Å². The van der Waals surface area contributed by atoms with E-state index in [4.69, 9.17) is 5.26 Å². The van der Waals surface area contributed by atoms with Crippen LogP contribution in [0.25, 0.3) is 0 Å². The lowest BCUT2D eigenvalue weighted by molar-refractivity contribution is 0.167. The molecule has 2 aliphatic carbocycles. The third-order valence-corrected chi connectivity index (χ3v) is 4.48. The summed E-state index contributed by atoms with van der Waals surface area (Å²) < 4.78 is 0. The SMILES string of the molecule is CC1(C)CCC[C@@]2(C)C1=CC=C(C#N)[C@H]2C#N. The first-order valence-electron chi connectivity index (χ1n) is 6.18. The summed E-state index contributed by atoms with van der Waals surface area (Å²) in [6, 6.07) is 4.54. The standard InChI is InChI=1S/C15H18N2/c1-14(2)7-4-8-15(3)12(10-17)11(9-16)5-6-13(14)15/h5-6,12H,4,7-8H2,1-3H3/t12-,15-/m1/s1. The summed E-state index contributed by atoms with van der Waals surface area (Å²) in [6.45, 7) is 6.64. The number of nitrogens with zero attached hydrogens (tertiary/aromatic N) is 2. The molecule has 2 atom stereocenters. The number of hydrogen-bond acceptors (Lipinski definition) is 2. The zero-order valence-electron chi connectivity index (χ0n) is 10.7. The zero-order valence-corrected chi connectivity index (χ0v) is 10.7. The normalized spacial score (nSPS) is 34.8. The first-order chi connectivity index (χ1) is 7.95. The van der Waals surface area contributed by atoms with Crippen molar-refractivity contribution in [3.8, 4) is 12.1 Å². The van der Waals surface area contributed by atoms with Gasteiger partial charge in [-0.05, 0) is 24.3 Å². The first-order valence-corrected chi connectivity index (χ1v) is 6.18. The molecule has 0 spiro atoms. The molecule has 0 aromatic rings. The van der Waals surface area contributed by atoms with Gasteiger partial charge in [0.2, 0.25) is 0 Å². The summed E-state index contributed by atoms with van der Waals surface area (Å²) in [5, 5.41) is 18.5. The summed E-state index contributed by atoms with van der Waals surface area (Å²) in [5.41, 5.74) is 1.98. The maximum Gasteiger partial charge on any atom is 0.0961 e. The van der Waals surface area contributed by atoms with Crippen LogP contribution in [0.1, 0.15) is 40.0 Å². The van der Waals surface area contributed by atoms with E-state index >= 15 is 0 Å². The Bertz CT molecular complexity index is 482. The Hall–Kier alpha value is -1.54. The van der Waals surface area contributed by atoms with E-state index in [1.54, 1.807) is 0 Å². The second-order valence-corrected chi connectivity index (χ2v) is 6.03. The number of rotatable bonds is 0. The van der Waals surface area contributed by atoms with Gasteiger partial charge >= 0.3 is 0 Å². The molecule has 0 aromatic carbocycles. The van der Waals surface area contributed by atoms with Crippen molar-refractivity contribution in [1.82, 2.24) is 0 Å². The van der Waals surface area contributed by atoms with Crippen molar-refractivity contribution in [2.24, 2.45) is 16.7 Å². The van der Waals surface area contributed by atoms with Gasteiger partial charge in [-0.2, -0.15) is 10.5 Å². The van der Waals surface area contributed by atoms with Crippen LogP contribution < -0.4 is 0 Å². The van der Waals surface area contributed by atoms with Crippen LogP contribution in [0.4, 0.5) is 0 Å². The smallest absolute Gasteiger partial charge is 0.0961 e. The number of hydrogen-bond donors (Lipinski definition) is 0. The minimum atomic E-state index is -0.271. The van der Waals surface area contributed by atoms with Crippen LogP contribution in [0, 0.1) is 39.4 Å². The van der Waals surface area contributed by atoms with Crippen LogP contribution >= 0.6 is 0 Å². The lowest BCUT2D eigenvalue weighted by atomic mass is 9.53. The molecule has 0 aliphatic heterocycles. The maximum absolute atomic E-state index is 9.40. The van der Waals surface area contributed by atoms with Crippen LogP contribution in [0.3, 0.4) is 0 Å². The topological polar surface area (TPSA) is 47.6 Å². The van der Waals surface area contributed by atoms with Gasteiger partial charge in [-0.3, -0.25) is 0 Å². The van der Waals surface area contributed by atoms with Gasteiger partial charge in [0.25, 0.3) is 0 Å². The van der Waals surface area contributed by atoms with Gasteiger partial charge in [-0.15, -0.1) is 0 Å². The molecule has 0 radical (unpaired) electrons. The van der Waals surface area contributed by atoms with E-state index in [9.17, 15) is 5.26 Å². The molecule has 0 heterocycles. The minimum Gasteiger partial charge on any atom is -0.198 e. The average molecular weight is 226 g/mol. The van der Waals surface area contributed by atoms with Gasteiger partial charge in [-0.25, -0.2) is 0 Å². The maximum atomic E-state index is 9.40. The molecule has 2 heteroatoms. The molecule has 1 fully saturated rings. The third-order valence-electron chi connectivity index (χ3n) is 4.48. The van der Waals surface area contributed by atoms with E-state index in [1.807, 2.05) is 6.08 Å². The predicted octanol–water partition coefficient (Wildman–Crippen LogP) is 3.73. The van der Waals surface area contributed by atoms with Gasteiger partial charge in [0.05, 0.1) is 18.1 Å². The highest BCUT2D eigenvalue weighted by molar-refractivity contribution is 5.45.